The lowest BCUT2D eigenvalue weighted by Gasteiger charge is -2.29. The third kappa shape index (κ3) is 5.27. The fraction of sp³-hybridized carbons (Fsp3) is 0.433. The molecule has 2 aliphatic rings. The summed E-state index contributed by atoms with van der Waals surface area (Å²) in [4.78, 5) is 19.8. The maximum atomic E-state index is 13.0. The number of aromatic nitrogens is 2. The Bertz CT molecular complexity index is 1290. The molecular formula is C30H37N5O2S. The van der Waals surface area contributed by atoms with Gasteiger partial charge in [-0.05, 0) is 74.8 Å². The molecule has 0 radical (unpaired) electrons. The summed E-state index contributed by atoms with van der Waals surface area (Å²) in [6, 6.07) is 16.2. The molecule has 3 heterocycles. The van der Waals surface area contributed by atoms with E-state index in [1.54, 1.807) is 7.11 Å². The first-order chi connectivity index (χ1) is 18.5. The van der Waals surface area contributed by atoms with Crippen LogP contribution in [0.4, 0.5) is 5.69 Å². The zero-order valence-electron chi connectivity index (χ0n) is 22.4. The SMILES string of the molecule is COc1ccccc1NC(=O)CCN1C(=S)NC(c2ccccn2)C1c1cc(C)n(C2CCCCC2)c1C. The summed E-state index contributed by atoms with van der Waals surface area (Å²) in [7, 11) is 1.60. The molecule has 1 aliphatic carbocycles. The predicted molar refractivity (Wildman–Crippen MR) is 154 cm³/mol. The molecule has 2 aromatic heterocycles. The molecular weight excluding hydrogens is 494 g/mol. The quantitative estimate of drug-likeness (QED) is 0.347. The van der Waals surface area contributed by atoms with Crippen molar-refractivity contribution in [2.45, 2.75) is 70.5 Å². The number of benzene rings is 1. The average molecular weight is 532 g/mol. The van der Waals surface area contributed by atoms with E-state index in [-0.39, 0.29) is 18.0 Å². The number of nitrogens with zero attached hydrogens (tertiary/aromatic N) is 3. The van der Waals surface area contributed by atoms with Gasteiger partial charge >= 0.3 is 0 Å². The van der Waals surface area contributed by atoms with Crippen molar-refractivity contribution in [1.82, 2.24) is 19.8 Å². The minimum atomic E-state index is -0.0960. The Balaban J connectivity index is 1.42. The fourth-order valence-corrected chi connectivity index (χ4v) is 6.50. The number of para-hydroxylation sites is 2. The van der Waals surface area contributed by atoms with E-state index < -0.39 is 0 Å². The van der Waals surface area contributed by atoms with Gasteiger partial charge in [0.15, 0.2) is 5.11 Å². The lowest BCUT2D eigenvalue weighted by atomic mass is 9.94. The van der Waals surface area contributed by atoms with Crippen LogP contribution in [0, 0.1) is 13.8 Å². The van der Waals surface area contributed by atoms with Gasteiger partial charge in [0.05, 0.1) is 30.6 Å². The van der Waals surface area contributed by atoms with Gasteiger partial charge < -0.3 is 24.8 Å². The number of ether oxygens (including phenoxy) is 1. The minimum absolute atomic E-state index is 0.0556. The monoisotopic (exact) mass is 531 g/mol. The van der Waals surface area contributed by atoms with Crippen molar-refractivity contribution in [2.24, 2.45) is 0 Å². The van der Waals surface area contributed by atoms with Crippen LogP contribution in [0.15, 0.2) is 54.7 Å². The molecule has 1 amide bonds. The Morgan fingerprint density at radius 1 is 1.13 bits per heavy atom. The molecule has 1 aliphatic heterocycles. The summed E-state index contributed by atoms with van der Waals surface area (Å²) in [6.07, 6.45) is 8.49. The number of pyridine rings is 1. The van der Waals surface area contributed by atoms with Gasteiger partial charge in [0, 0.05) is 36.6 Å². The Labute approximate surface area is 230 Å². The van der Waals surface area contributed by atoms with Crippen LogP contribution in [0.5, 0.6) is 5.75 Å². The highest BCUT2D eigenvalue weighted by Crippen LogP contribution is 2.42. The Morgan fingerprint density at radius 3 is 2.63 bits per heavy atom. The number of hydrogen-bond acceptors (Lipinski definition) is 4. The molecule has 1 saturated carbocycles. The van der Waals surface area contributed by atoms with Crippen LogP contribution in [0.1, 0.15) is 79.3 Å². The Hall–Kier alpha value is -3.39. The van der Waals surface area contributed by atoms with Gasteiger partial charge in [-0.3, -0.25) is 9.78 Å². The molecule has 3 aromatic rings. The van der Waals surface area contributed by atoms with E-state index in [9.17, 15) is 4.79 Å². The number of hydrogen-bond donors (Lipinski definition) is 2. The zero-order chi connectivity index (χ0) is 26.6. The van der Waals surface area contributed by atoms with Gasteiger partial charge in [0.25, 0.3) is 0 Å². The van der Waals surface area contributed by atoms with E-state index in [4.69, 9.17) is 17.0 Å². The Kier molecular flexibility index (Phi) is 7.98. The first-order valence-electron chi connectivity index (χ1n) is 13.6. The summed E-state index contributed by atoms with van der Waals surface area (Å²) in [5, 5.41) is 7.18. The van der Waals surface area contributed by atoms with Crippen LogP contribution in [0.2, 0.25) is 0 Å². The number of methoxy groups -OCH3 is 1. The third-order valence-electron chi connectivity index (χ3n) is 7.94. The van der Waals surface area contributed by atoms with Crippen molar-refractivity contribution < 1.29 is 9.53 Å². The molecule has 5 rings (SSSR count). The standard InChI is InChI=1S/C30H37N5O2S/c1-20-19-23(21(2)35(20)22-11-5-4-6-12-22)29-28(25-14-9-10-17-31-25)33-30(38)34(29)18-16-27(36)32-24-13-7-8-15-26(24)37-3/h7-10,13-15,17,19,22,28-29H,4-6,11-12,16,18H2,1-3H3,(H,32,36)(H,33,38). The number of carbonyl (C=O) groups is 1. The van der Waals surface area contributed by atoms with E-state index in [0.717, 1.165) is 5.69 Å². The number of carbonyl (C=O) groups excluding carboxylic acids is 1. The third-order valence-corrected chi connectivity index (χ3v) is 8.29. The van der Waals surface area contributed by atoms with Crippen molar-refractivity contribution in [1.29, 1.82) is 0 Å². The number of thiocarbonyl (C=S) groups is 1. The molecule has 2 atom stereocenters. The van der Waals surface area contributed by atoms with Gasteiger partial charge in [0.1, 0.15) is 5.75 Å². The van der Waals surface area contributed by atoms with Gasteiger partial charge in [-0.2, -0.15) is 0 Å². The van der Waals surface area contributed by atoms with Gasteiger partial charge in [-0.15, -0.1) is 0 Å². The van der Waals surface area contributed by atoms with Crippen molar-refractivity contribution >= 4 is 28.9 Å². The number of rotatable bonds is 8. The second kappa shape index (κ2) is 11.6. The summed E-state index contributed by atoms with van der Waals surface area (Å²) in [6.45, 7) is 4.95. The molecule has 1 saturated heterocycles. The normalized spacial score (nSPS) is 19.9. The first-order valence-corrected chi connectivity index (χ1v) is 14.0. The van der Waals surface area contributed by atoms with Crippen LogP contribution in [-0.4, -0.2) is 39.1 Å². The van der Waals surface area contributed by atoms with E-state index >= 15 is 0 Å². The summed E-state index contributed by atoms with van der Waals surface area (Å²) in [5.74, 6) is 0.562. The molecule has 2 unspecified atom stereocenters. The first kappa shape index (κ1) is 26.2. The van der Waals surface area contributed by atoms with Gasteiger partial charge in [-0.25, -0.2) is 0 Å². The largest absolute Gasteiger partial charge is 0.495 e. The molecule has 0 bridgehead atoms. The highest BCUT2D eigenvalue weighted by Gasteiger charge is 2.41. The molecule has 1 aromatic carbocycles. The van der Waals surface area contributed by atoms with Crippen LogP contribution in [0.3, 0.4) is 0 Å². The summed E-state index contributed by atoms with van der Waals surface area (Å²) < 4.78 is 7.93. The second-order valence-electron chi connectivity index (χ2n) is 10.3. The van der Waals surface area contributed by atoms with Crippen molar-refractivity contribution in [2.75, 3.05) is 19.0 Å². The highest BCUT2D eigenvalue weighted by atomic mass is 32.1. The van der Waals surface area contributed by atoms with Crippen LogP contribution >= 0.6 is 12.2 Å². The maximum Gasteiger partial charge on any atom is 0.226 e. The van der Waals surface area contributed by atoms with Crippen molar-refractivity contribution in [3.8, 4) is 5.75 Å². The average Bonchev–Trinajstić information content (AvgIpc) is 3.42. The molecule has 2 fully saturated rings. The van der Waals surface area contributed by atoms with Crippen LogP contribution < -0.4 is 15.4 Å². The van der Waals surface area contributed by atoms with E-state index in [0.29, 0.717) is 35.6 Å². The number of aryl methyl sites for hydroxylation is 1. The smallest absolute Gasteiger partial charge is 0.226 e. The van der Waals surface area contributed by atoms with E-state index in [2.05, 4.69) is 45.0 Å². The van der Waals surface area contributed by atoms with Gasteiger partial charge in [0.2, 0.25) is 5.91 Å². The maximum absolute atomic E-state index is 13.0. The molecule has 38 heavy (non-hydrogen) atoms. The predicted octanol–water partition coefficient (Wildman–Crippen LogP) is 6.02. The molecule has 7 nitrogen and oxygen atoms in total. The summed E-state index contributed by atoms with van der Waals surface area (Å²) in [5.41, 5.74) is 5.44. The van der Waals surface area contributed by atoms with Gasteiger partial charge in [-0.1, -0.05) is 37.5 Å². The fourth-order valence-electron chi connectivity index (χ4n) is 6.17. The molecule has 200 valence electrons. The molecule has 8 heteroatoms. The van der Waals surface area contributed by atoms with Crippen LogP contribution in [0.25, 0.3) is 0 Å². The van der Waals surface area contributed by atoms with Crippen molar-refractivity contribution in [3.05, 3.63) is 77.4 Å². The van der Waals surface area contributed by atoms with E-state index in [1.165, 1.54) is 49.1 Å². The lowest BCUT2D eigenvalue weighted by Crippen LogP contribution is -2.33. The van der Waals surface area contributed by atoms with Crippen LogP contribution in [-0.2, 0) is 4.79 Å². The number of anilines is 1. The summed E-state index contributed by atoms with van der Waals surface area (Å²) >= 11 is 5.85. The lowest BCUT2D eigenvalue weighted by molar-refractivity contribution is -0.116. The number of nitrogens with one attached hydrogen (secondary N) is 2. The highest BCUT2D eigenvalue weighted by molar-refractivity contribution is 7.80. The Morgan fingerprint density at radius 2 is 1.89 bits per heavy atom. The molecule has 0 spiro atoms. The van der Waals surface area contributed by atoms with Crippen molar-refractivity contribution in [3.63, 3.8) is 0 Å². The minimum Gasteiger partial charge on any atom is -0.495 e. The zero-order valence-corrected chi connectivity index (χ0v) is 23.3. The second-order valence-corrected chi connectivity index (χ2v) is 10.7. The molecule has 2 N–H and O–H groups in total. The number of amides is 1. The topological polar surface area (TPSA) is 71.4 Å². The van der Waals surface area contributed by atoms with E-state index in [1.807, 2.05) is 48.7 Å².